The van der Waals surface area contributed by atoms with Gasteiger partial charge < -0.3 is 5.73 Å². The molecule has 2 aromatic rings. The molecule has 0 atom stereocenters. The first-order valence-electron chi connectivity index (χ1n) is 6.36. The highest BCUT2D eigenvalue weighted by Crippen LogP contribution is 2.26. The van der Waals surface area contributed by atoms with Crippen LogP contribution in [-0.2, 0) is 5.75 Å². The van der Waals surface area contributed by atoms with E-state index in [4.69, 9.17) is 5.73 Å². The molecule has 0 aliphatic carbocycles. The minimum Gasteiger partial charge on any atom is -0.320 e. The number of hydrogen-bond donors (Lipinski definition) is 1. The van der Waals surface area contributed by atoms with Crippen LogP contribution in [0, 0.1) is 24.6 Å². The Labute approximate surface area is 123 Å². The molecule has 2 aromatic carbocycles. The van der Waals surface area contributed by atoms with E-state index in [9.17, 15) is 4.39 Å². The van der Waals surface area contributed by atoms with Crippen LogP contribution in [-0.4, -0.2) is 6.54 Å². The summed E-state index contributed by atoms with van der Waals surface area (Å²) in [5.74, 6) is 5.96. The monoisotopic (exact) mass is 285 g/mol. The lowest BCUT2D eigenvalue weighted by Crippen LogP contribution is -1.94. The molecular weight excluding hydrogens is 269 g/mol. The van der Waals surface area contributed by atoms with E-state index in [2.05, 4.69) is 30.9 Å². The normalized spacial score (nSPS) is 9.95. The van der Waals surface area contributed by atoms with Crippen molar-refractivity contribution >= 4 is 11.8 Å². The minimum absolute atomic E-state index is 0.213. The van der Waals surface area contributed by atoms with Crippen molar-refractivity contribution in [2.75, 3.05) is 6.54 Å². The third-order valence-corrected chi connectivity index (χ3v) is 4.09. The van der Waals surface area contributed by atoms with E-state index < -0.39 is 0 Å². The first kappa shape index (κ1) is 14.6. The maximum Gasteiger partial charge on any atom is 0.128 e. The quantitative estimate of drug-likeness (QED) is 0.687. The summed E-state index contributed by atoms with van der Waals surface area (Å²) in [5.41, 5.74) is 7.87. The van der Waals surface area contributed by atoms with Crippen molar-refractivity contribution in [3.63, 3.8) is 0 Å². The van der Waals surface area contributed by atoms with Crippen molar-refractivity contribution < 1.29 is 4.39 Å². The molecule has 0 fully saturated rings. The molecule has 1 nitrogen and oxygen atoms in total. The number of nitrogens with two attached hydrogens (primary N) is 1. The van der Waals surface area contributed by atoms with Crippen molar-refractivity contribution in [2.24, 2.45) is 5.73 Å². The van der Waals surface area contributed by atoms with Gasteiger partial charge in [-0.25, -0.2) is 4.39 Å². The summed E-state index contributed by atoms with van der Waals surface area (Å²) in [4.78, 5) is 1.18. The standard InChI is InChI=1S/C17H16FNS/c1-13-5-2-3-7-17(13)20-12-15-9-8-14(6-4-10-19)11-16(15)18/h2-3,5,7-9,11H,10,12,19H2,1H3. The number of benzene rings is 2. The predicted octanol–water partition coefficient (Wildman–Crippen LogP) is 3.74. The van der Waals surface area contributed by atoms with Gasteiger partial charge in [0.2, 0.25) is 0 Å². The van der Waals surface area contributed by atoms with Gasteiger partial charge in [-0.2, -0.15) is 0 Å². The van der Waals surface area contributed by atoms with Crippen molar-refractivity contribution in [3.8, 4) is 11.8 Å². The van der Waals surface area contributed by atoms with Crippen molar-refractivity contribution in [1.29, 1.82) is 0 Å². The third kappa shape index (κ3) is 3.86. The highest BCUT2D eigenvalue weighted by Gasteiger charge is 2.05. The van der Waals surface area contributed by atoms with Crippen LogP contribution in [0.5, 0.6) is 0 Å². The molecule has 20 heavy (non-hydrogen) atoms. The van der Waals surface area contributed by atoms with Crippen LogP contribution in [0.4, 0.5) is 4.39 Å². The number of hydrogen-bond acceptors (Lipinski definition) is 2. The van der Waals surface area contributed by atoms with E-state index in [1.54, 1.807) is 17.8 Å². The molecule has 0 radical (unpaired) electrons. The highest BCUT2D eigenvalue weighted by molar-refractivity contribution is 7.98. The van der Waals surface area contributed by atoms with Gasteiger partial charge in [-0.05, 0) is 36.2 Å². The third-order valence-electron chi connectivity index (χ3n) is 2.86. The SMILES string of the molecule is Cc1ccccc1SCc1ccc(C#CCN)cc1F. The fourth-order valence-corrected chi connectivity index (χ4v) is 2.78. The van der Waals surface area contributed by atoms with Gasteiger partial charge >= 0.3 is 0 Å². The topological polar surface area (TPSA) is 26.0 Å². The van der Waals surface area contributed by atoms with Gasteiger partial charge in [0, 0.05) is 16.2 Å². The van der Waals surface area contributed by atoms with Crippen LogP contribution < -0.4 is 5.73 Å². The largest absolute Gasteiger partial charge is 0.320 e. The van der Waals surface area contributed by atoms with E-state index in [1.807, 2.05) is 18.2 Å². The highest BCUT2D eigenvalue weighted by atomic mass is 32.2. The molecular formula is C17H16FNS. The van der Waals surface area contributed by atoms with Crippen molar-refractivity contribution in [1.82, 2.24) is 0 Å². The Morgan fingerprint density at radius 3 is 2.70 bits per heavy atom. The summed E-state index contributed by atoms with van der Waals surface area (Å²) in [7, 11) is 0. The molecule has 2 rings (SSSR count). The Hall–Kier alpha value is -1.76. The van der Waals surface area contributed by atoms with Crippen LogP contribution in [0.3, 0.4) is 0 Å². The van der Waals surface area contributed by atoms with Crippen LogP contribution in [0.25, 0.3) is 0 Å². The minimum atomic E-state index is -0.213. The molecule has 0 amide bonds. The number of halogens is 1. The Kier molecular flexibility index (Phi) is 5.23. The maximum absolute atomic E-state index is 14.0. The number of rotatable bonds is 3. The van der Waals surface area contributed by atoms with Crippen molar-refractivity contribution in [3.05, 3.63) is 65.0 Å². The lowest BCUT2D eigenvalue weighted by Gasteiger charge is -2.06. The van der Waals surface area contributed by atoms with Gasteiger partial charge in [0.25, 0.3) is 0 Å². The molecule has 3 heteroatoms. The smallest absolute Gasteiger partial charge is 0.128 e. The van der Waals surface area contributed by atoms with E-state index in [-0.39, 0.29) is 12.4 Å². The Balaban J connectivity index is 2.09. The van der Waals surface area contributed by atoms with Gasteiger partial charge in [-0.3, -0.25) is 0 Å². The van der Waals surface area contributed by atoms with E-state index in [1.165, 1.54) is 16.5 Å². The Morgan fingerprint density at radius 1 is 1.20 bits per heavy atom. The van der Waals surface area contributed by atoms with Crippen LogP contribution in [0.1, 0.15) is 16.7 Å². The molecule has 102 valence electrons. The van der Waals surface area contributed by atoms with Gasteiger partial charge in [0.15, 0.2) is 0 Å². The van der Waals surface area contributed by atoms with E-state index >= 15 is 0 Å². The summed E-state index contributed by atoms with van der Waals surface area (Å²) >= 11 is 1.64. The molecule has 0 spiro atoms. The number of thioether (sulfide) groups is 1. The molecule has 0 aliphatic heterocycles. The second-order valence-electron chi connectivity index (χ2n) is 4.37. The second kappa shape index (κ2) is 7.14. The van der Waals surface area contributed by atoms with Gasteiger partial charge in [0.1, 0.15) is 5.82 Å². The summed E-state index contributed by atoms with van der Waals surface area (Å²) in [6.45, 7) is 2.34. The average Bonchev–Trinajstić information content (AvgIpc) is 2.45. The first-order chi connectivity index (χ1) is 9.70. The molecule has 0 unspecified atom stereocenters. The van der Waals surface area contributed by atoms with Gasteiger partial charge in [-0.15, -0.1) is 11.8 Å². The number of aryl methyl sites for hydroxylation is 1. The average molecular weight is 285 g/mol. The van der Waals surface area contributed by atoms with Crippen LogP contribution in [0.2, 0.25) is 0 Å². The molecule has 0 saturated heterocycles. The molecule has 2 N–H and O–H groups in total. The molecule has 0 bridgehead atoms. The molecule has 0 saturated carbocycles. The summed E-state index contributed by atoms with van der Waals surface area (Å²) in [5, 5.41) is 0. The van der Waals surface area contributed by atoms with Gasteiger partial charge in [-0.1, -0.05) is 36.1 Å². The van der Waals surface area contributed by atoms with Crippen LogP contribution >= 0.6 is 11.8 Å². The summed E-state index contributed by atoms with van der Waals surface area (Å²) < 4.78 is 14.0. The lowest BCUT2D eigenvalue weighted by molar-refractivity contribution is 0.617. The van der Waals surface area contributed by atoms with E-state index in [0.29, 0.717) is 16.9 Å². The van der Waals surface area contributed by atoms with E-state index in [0.717, 1.165) is 0 Å². The van der Waals surface area contributed by atoms with Crippen LogP contribution in [0.15, 0.2) is 47.4 Å². The zero-order valence-corrected chi connectivity index (χ0v) is 12.1. The zero-order chi connectivity index (χ0) is 14.4. The molecule has 0 heterocycles. The summed E-state index contributed by atoms with van der Waals surface area (Å²) in [6.07, 6.45) is 0. The molecule has 0 aromatic heterocycles. The Bertz CT molecular complexity index is 656. The van der Waals surface area contributed by atoms with Crippen molar-refractivity contribution in [2.45, 2.75) is 17.6 Å². The van der Waals surface area contributed by atoms with Gasteiger partial charge in [0.05, 0.1) is 6.54 Å². The Morgan fingerprint density at radius 2 is 2.00 bits per heavy atom. The summed E-state index contributed by atoms with van der Waals surface area (Å²) in [6, 6.07) is 13.2. The lowest BCUT2D eigenvalue weighted by atomic mass is 10.1. The fourth-order valence-electron chi connectivity index (χ4n) is 1.77. The zero-order valence-electron chi connectivity index (χ0n) is 11.3. The maximum atomic E-state index is 14.0. The predicted molar refractivity (Wildman–Crippen MR) is 83.1 cm³/mol. The first-order valence-corrected chi connectivity index (χ1v) is 7.35. The fraction of sp³-hybridized carbons (Fsp3) is 0.176. The second-order valence-corrected chi connectivity index (χ2v) is 5.38. The molecule has 0 aliphatic rings.